The lowest BCUT2D eigenvalue weighted by molar-refractivity contribution is -0.158. The quantitative estimate of drug-likeness (QED) is 0.512. The van der Waals surface area contributed by atoms with E-state index in [2.05, 4.69) is 0 Å². The molecule has 2 N–H and O–H groups in total. The molecule has 2 atom stereocenters. The zero-order chi connectivity index (χ0) is 10.5. The van der Waals surface area contributed by atoms with Gasteiger partial charge in [0.05, 0.1) is 0 Å². The van der Waals surface area contributed by atoms with Gasteiger partial charge in [0.2, 0.25) is 0 Å². The largest absolute Gasteiger partial charge is 0.480 e. The minimum Gasteiger partial charge on any atom is -0.480 e. The average Bonchev–Trinajstić information content (AvgIpc) is 2.72. The monoisotopic (exact) mass is 196 g/mol. The predicted molar refractivity (Wildman–Crippen MR) is 47.7 cm³/mol. The molecule has 4 heteroatoms. The smallest absolute Gasteiger partial charge is 0.321 e. The third kappa shape index (κ3) is 0.882. The van der Waals surface area contributed by atoms with Gasteiger partial charge in [0, 0.05) is 0 Å². The van der Waals surface area contributed by atoms with Gasteiger partial charge in [0.1, 0.15) is 0 Å². The lowest BCUT2D eigenvalue weighted by atomic mass is 10.0. The van der Waals surface area contributed by atoms with E-state index < -0.39 is 17.4 Å². The highest BCUT2D eigenvalue weighted by atomic mass is 16.4. The molecule has 76 valence electrons. The number of aliphatic carboxylic acids is 2. The maximum Gasteiger partial charge on any atom is 0.321 e. The van der Waals surface area contributed by atoms with Crippen LogP contribution in [0.5, 0.6) is 0 Å². The van der Waals surface area contributed by atoms with Crippen molar-refractivity contribution in [2.45, 2.75) is 19.8 Å². The average molecular weight is 196 g/mol. The van der Waals surface area contributed by atoms with Crippen molar-refractivity contribution in [1.29, 1.82) is 0 Å². The summed E-state index contributed by atoms with van der Waals surface area (Å²) in [6.45, 7) is 1.92. The standard InChI is InChI=1S/C10H12O4/c1-5-2-3-6-7(4-5)10(6,8(11)12)9(13)14/h2,6-7H,3-4H2,1H3,(H,11,12)(H,13,14). The third-order valence-corrected chi connectivity index (χ3v) is 3.52. The van der Waals surface area contributed by atoms with Crippen LogP contribution in [0.1, 0.15) is 19.8 Å². The molecule has 0 aromatic heterocycles. The zero-order valence-electron chi connectivity index (χ0n) is 7.86. The van der Waals surface area contributed by atoms with Crippen LogP contribution >= 0.6 is 0 Å². The highest BCUT2D eigenvalue weighted by Crippen LogP contribution is 2.65. The summed E-state index contributed by atoms with van der Waals surface area (Å²) < 4.78 is 0. The molecule has 0 aromatic rings. The summed E-state index contributed by atoms with van der Waals surface area (Å²) in [5.41, 5.74) is -0.385. The van der Waals surface area contributed by atoms with Crippen molar-refractivity contribution in [1.82, 2.24) is 0 Å². The van der Waals surface area contributed by atoms with Crippen LogP contribution < -0.4 is 0 Å². The Balaban J connectivity index is 2.30. The third-order valence-electron chi connectivity index (χ3n) is 3.52. The summed E-state index contributed by atoms with van der Waals surface area (Å²) in [7, 11) is 0. The number of hydrogen-bond donors (Lipinski definition) is 2. The summed E-state index contributed by atoms with van der Waals surface area (Å²) in [6, 6.07) is 0. The molecule has 0 heterocycles. The molecular weight excluding hydrogens is 184 g/mol. The van der Waals surface area contributed by atoms with E-state index >= 15 is 0 Å². The van der Waals surface area contributed by atoms with Gasteiger partial charge in [-0.25, -0.2) is 0 Å². The van der Waals surface area contributed by atoms with Crippen LogP contribution in [-0.2, 0) is 9.59 Å². The molecular formula is C10H12O4. The summed E-state index contributed by atoms with van der Waals surface area (Å²) in [4.78, 5) is 22.0. The summed E-state index contributed by atoms with van der Waals surface area (Å²) in [6.07, 6.45) is 3.16. The van der Waals surface area contributed by atoms with E-state index in [9.17, 15) is 9.59 Å². The van der Waals surface area contributed by atoms with Crippen molar-refractivity contribution in [3.05, 3.63) is 11.6 Å². The first-order chi connectivity index (χ1) is 6.51. The Hall–Kier alpha value is -1.32. The summed E-state index contributed by atoms with van der Waals surface area (Å²) >= 11 is 0. The van der Waals surface area contributed by atoms with Crippen LogP contribution in [0.2, 0.25) is 0 Å². The Bertz CT molecular complexity index is 328. The number of carboxylic acids is 2. The Kier molecular flexibility index (Phi) is 1.71. The molecule has 0 radical (unpaired) electrons. The van der Waals surface area contributed by atoms with Crippen LogP contribution in [0.25, 0.3) is 0 Å². The van der Waals surface area contributed by atoms with Gasteiger partial charge in [-0.2, -0.15) is 0 Å². The first-order valence-electron chi connectivity index (χ1n) is 4.63. The Morgan fingerprint density at radius 1 is 1.36 bits per heavy atom. The molecule has 14 heavy (non-hydrogen) atoms. The molecule has 0 amide bonds. The van der Waals surface area contributed by atoms with Crippen LogP contribution in [0.4, 0.5) is 0 Å². The second-order valence-electron chi connectivity index (χ2n) is 4.18. The molecule has 4 nitrogen and oxygen atoms in total. The minimum absolute atomic E-state index is 0.192. The fraction of sp³-hybridized carbons (Fsp3) is 0.600. The van der Waals surface area contributed by atoms with Crippen LogP contribution in [0.15, 0.2) is 11.6 Å². The number of carbonyl (C=O) groups is 2. The SMILES string of the molecule is CC1=CCC2C(C1)C2(C(=O)O)C(=O)O. The van der Waals surface area contributed by atoms with Gasteiger partial charge in [0.15, 0.2) is 5.41 Å². The van der Waals surface area contributed by atoms with Crippen molar-refractivity contribution in [3.8, 4) is 0 Å². The number of allylic oxidation sites excluding steroid dienone is 2. The molecule has 0 aromatic carbocycles. The number of fused-ring (bicyclic) bond motifs is 1. The van der Waals surface area contributed by atoms with Crippen molar-refractivity contribution >= 4 is 11.9 Å². The molecule has 2 rings (SSSR count). The molecule has 0 spiro atoms. The molecule has 2 aliphatic carbocycles. The van der Waals surface area contributed by atoms with E-state index in [0.29, 0.717) is 12.8 Å². The number of rotatable bonds is 2. The molecule has 1 saturated carbocycles. The van der Waals surface area contributed by atoms with Crippen molar-refractivity contribution < 1.29 is 19.8 Å². The van der Waals surface area contributed by atoms with Crippen LogP contribution in [-0.4, -0.2) is 22.2 Å². The number of carboxylic acid groups (broad SMARTS) is 2. The van der Waals surface area contributed by atoms with E-state index in [1.807, 2.05) is 13.0 Å². The normalized spacial score (nSPS) is 32.8. The van der Waals surface area contributed by atoms with E-state index in [1.54, 1.807) is 0 Å². The second-order valence-corrected chi connectivity index (χ2v) is 4.18. The van der Waals surface area contributed by atoms with Gasteiger partial charge in [0.25, 0.3) is 0 Å². The maximum absolute atomic E-state index is 11.0. The zero-order valence-corrected chi connectivity index (χ0v) is 7.86. The number of hydrogen-bond acceptors (Lipinski definition) is 2. The molecule has 2 aliphatic rings. The predicted octanol–water partition coefficient (Wildman–Crippen LogP) is 1.13. The lowest BCUT2D eigenvalue weighted by Gasteiger charge is -2.05. The van der Waals surface area contributed by atoms with Gasteiger partial charge >= 0.3 is 11.9 Å². The van der Waals surface area contributed by atoms with E-state index in [4.69, 9.17) is 10.2 Å². The van der Waals surface area contributed by atoms with Gasteiger partial charge in [-0.05, 0) is 31.6 Å². The highest BCUT2D eigenvalue weighted by molar-refractivity contribution is 6.03. The van der Waals surface area contributed by atoms with Crippen LogP contribution in [0.3, 0.4) is 0 Å². The maximum atomic E-state index is 11.0. The highest BCUT2D eigenvalue weighted by Gasteiger charge is 2.74. The van der Waals surface area contributed by atoms with Crippen LogP contribution in [0, 0.1) is 17.3 Å². The van der Waals surface area contributed by atoms with E-state index in [1.165, 1.54) is 0 Å². The summed E-state index contributed by atoms with van der Waals surface area (Å²) in [5.74, 6) is -2.74. The van der Waals surface area contributed by atoms with Crippen molar-refractivity contribution in [3.63, 3.8) is 0 Å². The minimum atomic E-state index is -1.49. The van der Waals surface area contributed by atoms with Gasteiger partial charge < -0.3 is 10.2 Å². The molecule has 2 unspecified atom stereocenters. The Morgan fingerprint density at radius 2 is 1.93 bits per heavy atom. The molecule has 1 fully saturated rings. The van der Waals surface area contributed by atoms with Crippen molar-refractivity contribution in [2.24, 2.45) is 17.3 Å². The molecule has 0 bridgehead atoms. The van der Waals surface area contributed by atoms with E-state index in [-0.39, 0.29) is 11.8 Å². The molecule has 0 aliphatic heterocycles. The fourth-order valence-electron chi connectivity index (χ4n) is 2.68. The van der Waals surface area contributed by atoms with Gasteiger partial charge in [-0.3, -0.25) is 9.59 Å². The van der Waals surface area contributed by atoms with Gasteiger partial charge in [-0.15, -0.1) is 0 Å². The lowest BCUT2D eigenvalue weighted by Crippen LogP contribution is -2.28. The summed E-state index contributed by atoms with van der Waals surface area (Å²) in [5, 5.41) is 18.0. The molecule has 0 saturated heterocycles. The van der Waals surface area contributed by atoms with E-state index in [0.717, 1.165) is 5.57 Å². The Morgan fingerprint density at radius 3 is 2.36 bits per heavy atom. The van der Waals surface area contributed by atoms with Crippen molar-refractivity contribution in [2.75, 3.05) is 0 Å². The first-order valence-corrected chi connectivity index (χ1v) is 4.63. The fourth-order valence-corrected chi connectivity index (χ4v) is 2.68. The Labute approximate surface area is 81.2 Å². The van der Waals surface area contributed by atoms with Gasteiger partial charge in [-0.1, -0.05) is 11.6 Å². The topological polar surface area (TPSA) is 74.6 Å². The first kappa shape index (κ1) is 9.24. The second kappa shape index (κ2) is 2.59.